The number of nitrogen functional groups attached to an aromatic ring is 1. The Morgan fingerprint density at radius 2 is 2.00 bits per heavy atom. The molecule has 12 heavy (non-hydrogen) atoms. The van der Waals surface area contributed by atoms with Gasteiger partial charge in [-0.1, -0.05) is 0 Å². The minimum atomic E-state index is -0.137. The largest absolute Gasteiger partial charge is 0.506 e. The first kappa shape index (κ1) is 8.39. The van der Waals surface area contributed by atoms with Gasteiger partial charge in [0.25, 0.3) is 0 Å². The summed E-state index contributed by atoms with van der Waals surface area (Å²) in [6.07, 6.45) is 1.53. The summed E-state index contributed by atoms with van der Waals surface area (Å²) in [7, 11) is 0. The molecule has 0 saturated heterocycles. The smallest absolute Gasteiger partial charge is 0.145 e. The maximum atomic E-state index is 9.22. The van der Waals surface area contributed by atoms with Gasteiger partial charge in [0, 0.05) is 12.3 Å². The normalized spacial score (nSPS) is 10.8. The minimum Gasteiger partial charge on any atom is -0.506 e. The van der Waals surface area contributed by atoms with E-state index in [9.17, 15) is 5.11 Å². The molecule has 0 spiro atoms. The fourth-order valence-electron chi connectivity index (χ4n) is 0.824. The predicted molar refractivity (Wildman–Crippen MR) is 48.0 cm³/mol. The molecule has 0 aromatic heterocycles. The van der Waals surface area contributed by atoms with E-state index in [-0.39, 0.29) is 17.2 Å². The zero-order valence-electron chi connectivity index (χ0n) is 6.65. The number of anilines is 1. The van der Waals surface area contributed by atoms with Gasteiger partial charge in [0.15, 0.2) is 0 Å². The Morgan fingerprint density at radius 3 is 2.58 bits per heavy atom. The maximum Gasteiger partial charge on any atom is 0.145 e. The number of nitrogens with zero attached hydrogens (tertiary/aromatic N) is 1. The quantitative estimate of drug-likeness (QED) is 0.255. The molecule has 0 unspecified atom stereocenters. The SMILES string of the molecule is CC=Nc1cc(N)c(O)cc1O. The summed E-state index contributed by atoms with van der Waals surface area (Å²) in [5, 5.41) is 18.3. The maximum absolute atomic E-state index is 9.22. The van der Waals surface area contributed by atoms with Crippen LogP contribution in [-0.2, 0) is 0 Å². The Bertz CT molecular complexity index is 321. The Kier molecular flexibility index (Phi) is 2.19. The molecule has 0 heterocycles. The fraction of sp³-hybridized carbons (Fsp3) is 0.125. The standard InChI is InChI=1S/C8H10N2O2/c1-2-10-6-3-5(9)7(11)4-8(6)12/h2-4,11-12H,9H2,1H3. The molecule has 0 atom stereocenters. The third-order valence-electron chi connectivity index (χ3n) is 1.39. The summed E-state index contributed by atoms with van der Waals surface area (Å²) in [6.45, 7) is 1.72. The van der Waals surface area contributed by atoms with Crippen LogP contribution < -0.4 is 5.73 Å². The molecule has 0 saturated carbocycles. The lowest BCUT2D eigenvalue weighted by atomic mass is 10.2. The van der Waals surface area contributed by atoms with Crippen molar-refractivity contribution in [3.63, 3.8) is 0 Å². The molecule has 0 aliphatic rings. The topological polar surface area (TPSA) is 78.8 Å². The van der Waals surface area contributed by atoms with Crippen LogP contribution in [0.25, 0.3) is 0 Å². The lowest BCUT2D eigenvalue weighted by Crippen LogP contribution is -1.84. The van der Waals surface area contributed by atoms with E-state index in [2.05, 4.69) is 4.99 Å². The van der Waals surface area contributed by atoms with E-state index < -0.39 is 0 Å². The van der Waals surface area contributed by atoms with Crippen molar-refractivity contribution in [1.82, 2.24) is 0 Å². The lowest BCUT2D eigenvalue weighted by Gasteiger charge is -2.02. The fourth-order valence-corrected chi connectivity index (χ4v) is 0.824. The minimum absolute atomic E-state index is 0.0835. The van der Waals surface area contributed by atoms with Gasteiger partial charge in [0.05, 0.1) is 5.69 Å². The van der Waals surface area contributed by atoms with Gasteiger partial charge in [0.1, 0.15) is 17.2 Å². The van der Waals surface area contributed by atoms with Crippen LogP contribution in [0, 0.1) is 0 Å². The number of aromatic hydroxyl groups is 2. The molecule has 64 valence electrons. The number of aliphatic imine (C=N–C) groups is 1. The highest BCUT2D eigenvalue weighted by Gasteiger charge is 2.03. The molecule has 1 aromatic carbocycles. The Labute approximate surface area is 70.0 Å². The summed E-state index contributed by atoms with van der Waals surface area (Å²) in [5.74, 6) is -0.220. The first-order valence-corrected chi connectivity index (χ1v) is 3.45. The molecule has 0 fully saturated rings. The molecule has 1 aromatic rings. The lowest BCUT2D eigenvalue weighted by molar-refractivity contribution is 0.453. The molecule has 0 aliphatic carbocycles. The average molecular weight is 166 g/mol. The first-order chi connectivity index (χ1) is 5.65. The van der Waals surface area contributed by atoms with E-state index in [0.717, 1.165) is 6.07 Å². The van der Waals surface area contributed by atoms with Gasteiger partial charge >= 0.3 is 0 Å². The van der Waals surface area contributed by atoms with Crippen LogP contribution in [-0.4, -0.2) is 16.4 Å². The molecular weight excluding hydrogens is 156 g/mol. The monoisotopic (exact) mass is 166 g/mol. The van der Waals surface area contributed by atoms with Crippen molar-refractivity contribution in [3.8, 4) is 11.5 Å². The van der Waals surface area contributed by atoms with E-state index in [1.54, 1.807) is 6.92 Å². The van der Waals surface area contributed by atoms with Crippen molar-refractivity contribution >= 4 is 17.6 Å². The van der Waals surface area contributed by atoms with Crippen LogP contribution in [0.1, 0.15) is 6.92 Å². The second-order valence-electron chi connectivity index (χ2n) is 2.29. The second kappa shape index (κ2) is 3.13. The molecule has 4 nitrogen and oxygen atoms in total. The number of benzene rings is 1. The predicted octanol–water partition coefficient (Wildman–Crippen LogP) is 1.40. The Hall–Kier alpha value is -1.71. The van der Waals surface area contributed by atoms with Crippen LogP contribution in [0.15, 0.2) is 17.1 Å². The molecule has 0 aliphatic heterocycles. The van der Waals surface area contributed by atoms with Crippen molar-refractivity contribution < 1.29 is 10.2 Å². The van der Waals surface area contributed by atoms with E-state index in [4.69, 9.17) is 10.8 Å². The van der Waals surface area contributed by atoms with Crippen molar-refractivity contribution in [2.45, 2.75) is 6.92 Å². The van der Waals surface area contributed by atoms with Crippen molar-refractivity contribution in [3.05, 3.63) is 12.1 Å². The zero-order chi connectivity index (χ0) is 9.14. The molecule has 0 radical (unpaired) electrons. The molecule has 1 rings (SSSR count). The van der Waals surface area contributed by atoms with Crippen LogP contribution in [0.4, 0.5) is 11.4 Å². The van der Waals surface area contributed by atoms with Crippen LogP contribution in [0.3, 0.4) is 0 Å². The number of nitrogens with two attached hydrogens (primary N) is 1. The van der Waals surface area contributed by atoms with Gasteiger partial charge in [-0.05, 0) is 13.0 Å². The zero-order valence-corrected chi connectivity index (χ0v) is 6.65. The van der Waals surface area contributed by atoms with E-state index in [1.165, 1.54) is 12.3 Å². The van der Waals surface area contributed by atoms with Crippen LogP contribution in [0.5, 0.6) is 11.5 Å². The highest BCUT2D eigenvalue weighted by atomic mass is 16.3. The summed E-state index contributed by atoms with van der Waals surface area (Å²) in [4.78, 5) is 3.84. The van der Waals surface area contributed by atoms with E-state index in [1.807, 2.05) is 0 Å². The average Bonchev–Trinajstić information content (AvgIpc) is 2.01. The van der Waals surface area contributed by atoms with E-state index in [0.29, 0.717) is 5.69 Å². The highest BCUT2D eigenvalue weighted by molar-refractivity contribution is 5.70. The molecule has 0 amide bonds. The molecular formula is C8H10N2O2. The molecule has 4 N–H and O–H groups in total. The van der Waals surface area contributed by atoms with Gasteiger partial charge in [-0.25, -0.2) is 0 Å². The third-order valence-corrected chi connectivity index (χ3v) is 1.39. The second-order valence-corrected chi connectivity index (χ2v) is 2.29. The summed E-state index contributed by atoms with van der Waals surface area (Å²) < 4.78 is 0. The van der Waals surface area contributed by atoms with Crippen molar-refractivity contribution in [2.75, 3.05) is 5.73 Å². The third kappa shape index (κ3) is 1.47. The van der Waals surface area contributed by atoms with Gasteiger partial charge in [-0.3, -0.25) is 4.99 Å². The number of phenols is 2. The summed E-state index contributed by atoms with van der Waals surface area (Å²) in [5.41, 5.74) is 5.94. The number of rotatable bonds is 1. The first-order valence-electron chi connectivity index (χ1n) is 3.45. The van der Waals surface area contributed by atoms with Gasteiger partial charge in [0.2, 0.25) is 0 Å². The van der Waals surface area contributed by atoms with Crippen molar-refractivity contribution in [2.24, 2.45) is 4.99 Å². The van der Waals surface area contributed by atoms with Crippen LogP contribution >= 0.6 is 0 Å². The Morgan fingerprint density at radius 1 is 1.33 bits per heavy atom. The van der Waals surface area contributed by atoms with Gasteiger partial charge < -0.3 is 15.9 Å². The molecule has 4 heteroatoms. The Balaban J connectivity index is 3.23. The van der Waals surface area contributed by atoms with Gasteiger partial charge in [-0.2, -0.15) is 0 Å². The highest BCUT2D eigenvalue weighted by Crippen LogP contribution is 2.34. The molecule has 0 bridgehead atoms. The number of phenolic OH excluding ortho intramolecular Hbond substituents is 2. The summed E-state index contributed by atoms with van der Waals surface area (Å²) >= 11 is 0. The number of hydrogen-bond donors (Lipinski definition) is 3. The summed E-state index contributed by atoms with van der Waals surface area (Å²) in [6, 6.07) is 2.57. The van der Waals surface area contributed by atoms with Crippen LogP contribution in [0.2, 0.25) is 0 Å². The van der Waals surface area contributed by atoms with Gasteiger partial charge in [-0.15, -0.1) is 0 Å². The van der Waals surface area contributed by atoms with Crippen molar-refractivity contribution in [1.29, 1.82) is 0 Å². The van der Waals surface area contributed by atoms with E-state index >= 15 is 0 Å². The number of hydrogen-bond acceptors (Lipinski definition) is 4.